The van der Waals surface area contributed by atoms with Crippen molar-refractivity contribution < 1.29 is 9.32 Å². The average molecular weight is 350 g/mol. The fraction of sp³-hybridized carbons (Fsp3) is 0.400. The van der Waals surface area contributed by atoms with Gasteiger partial charge in [-0.05, 0) is 43.9 Å². The molecule has 134 valence electrons. The molecule has 0 unspecified atom stereocenters. The Kier molecular flexibility index (Phi) is 4.18. The van der Waals surface area contributed by atoms with Gasteiger partial charge in [0.25, 0.3) is 11.6 Å². The van der Waals surface area contributed by atoms with Gasteiger partial charge in [0.2, 0.25) is 0 Å². The zero-order valence-electron chi connectivity index (χ0n) is 15.2. The van der Waals surface area contributed by atoms with Crippen molar-refractivity contribution in [2.75, 3.05) is 0 Å². The molecule has 3 aromatic rings. The first kappa shape index (κ1) is 16.7. The van der Waals surface area contributed by atoms with Gasteiger partial charge < -0.3 is 9.84 Å². The van der Waals surface area contributed by atoms with Crippen molar-refractivity contribution in [1.29, 1.82) is 0 Å². The summed E-state index contributed by atoms with van der Waals surface area (Å²) in [7, 11) is 0. The lowest BCUT2D eigenvalue weighted by Crippen LogP contribution is -2.27. The molecule has 0 aliphatic heterocycles. The lowest BCUT2D eigenvalue weighted by Gasteiger charge is -2.14. The molecule has 0 aromatic carbocycles. The van der Waals surface area contributed by atoms with Gasteiger partial charge in [-0.25, -0.2) is 4.98 Å². The molecule has 0 spiro atoms. The molecule has 1 N–H and O–H groups in total. The summed E-state index contributed by atoms with van der Waals surface area (Å²) in [4.78, 5) is 22.0. The number of nitrogens with zero attached hydrogens (tertiary/aromatic N) is 3. The third-order valence-electron chi connectivity index (χ3n) is 4.76. The Morgan fingerprint density at radius 3 is 2.73 bits per heavy atom. The van der Waals surface area contributed by atoms with Crippen LogP contribution in [0.25, 0.3) is 11.1 Å². The number of hydrogen-bond acceptors (Lipinski definition) is 5. The summed E-state index contributed by atoms with van der Waals surface area (Å²) in [6.07, 6.45) is 3.94. The normalized spacial score (nSPS) is 15.4. The van der Waals surface area contributed by atoms with Gasteiger partial charge in [-0.2, -0.15) is 0 Å². The van der Waals surface area contributed by atoms with Crippen LogP contribution in [0.5, 0.6) is 0 Å². The predicted molar refractivity (Wildman–Crippen MR) is 98.0 cm³/mol. The largest absolute Gasteiger partial charge is 0.344 e. The van der Waals surface area contributed by atoms with Gasteiger partial charge in [-0.1, -0.05) is 25.1 Å². The Morgan fingerprint density at radius 1 is 1.27 bits per heavy atom. The summed E-state index contributed by atoms with van der Waals surface area (Å²) in [5, 5.41) is 7.93. The van der Waals surface area contributed by atoms with Crippen LogP contribution < -0.4 is 5.32 Å². The number of amides is 1. The first-order chi connectivity index (χ1) is 12.5. The van der Waals surface area contributed by atoms with E-state index in [0.717, 1.165) is 35.3 Å². The Hall–Kier alpha value is -2.76. The molecule has 0 saturated heterocycles. The van der Waals surface area contributed by atoms with Gasteiger partial charge in [-0.15, -0.1) is 0 Å². The van der Waals surface area contributed by atoms with E-state index in [9.17, 15) is 4.79 Å². The number of fused-ring (bicyclic) bond motifs is 1. The Balaban J connectivity index is 1.73. The predicted octanol–water partition coefficient (Wildman–Crippen LogP) is 4.11. The molecule has 0 bridgehead atoms. The Bertz CT molecular complexity index is 945. The molecular formula is C20H22N4O2. The SMILES string of the molecule is CC(C)c1noc2nc(C3CC3)cc(C(=O)N[C@@H](C)c3ccccn3)c12. The second-order valence-corrected chi connectivity index (χ2v) is 7.22. The van der Waals surface area contributed by atoms with E-state index in [1.807, 2.05) is 45.0 Å². The smallest absolute Gasteiger partial charge is 0.259 e. The highest BCUT2D eigenvalue weighted by Gasteiger charge is 2.29. The summed E-state index contributed by atoms with van der Waals surface area (Å²) in [6.45, 7) is 5.99. The fourth-order valence-electron chi connectivity index (χ4n) is 3.13. The van der Waals surface area contributed by atoms with Gasteiger partial charge in [-0.3, -0.25) is 9.78 Å². The molecule has 4 rings (SSSR count). The van der Waals surface area contributed by atoms with Crippen LogP contribution in [-0.2, 0) is 0 Å². The number of aromatic nitrogens is 3. The molecule has 26 heavy (non-hydrogen) atoms. The molecule has 6 nitrogen and oxygen atoms in total. The van der Waals surface area contributed by atoms with Gasteiger partial charge in [0.15, 0.2) is 0 Å². The number of nitrogens with one attached hydrogen (secondary N) is 1. The number of rotatable bonds is 5. The van der Waals surface area contributed by atoms with Crippen LogP contribution in [0.15, 0.2) is 35.0 Å². The molecule has 1 aliphatic carbocycles. The first-order valence-corrected chi connectivity index (χ1v) is 9.06. The minimum absolute atomic E-state index is 0.143. The summed E-state index contributed by atoms with van der Waals surface area (Å²) in [5.41, 5.74) is 3.55. The highest BCUT2D eigenvalue weighted by atomic mass is 16.5. The minimum Gasteiger partial charge on any atom is -0.344 e. The van der Waals surface area contributed by atoms with E-state index in [2.05, 4.69) is 20.4 Å². The molecule has 6 heteroatoms. The third-order valence-corrected chi connectivity index (χ3v) is 4.76. The van der Waals surface area contributed by atoms with E-state index in [1.54, 1.807) is 6.20 Å². The highest BCUT2D eigenvalue weighted by Crippen LogP contribution is 2.41. The monoisotopic (exact) mass is 350 g/mol. The molecule has 1 aliphatic rings. The van der Waals surface area contributed by atoms with Crippen molar-refractivity contribution in [2.24, 2.45) is 0 Å². The maximum atomic E-state index is 13.1. The number of carbonyl (C=O) groups is 1. The lowest BCUT2D eigenvalue weighted by atomic mass is 10.0. The standard InChI is InChI=1S/C20H22N4O2/c1-11(2)18-17-14(10-16(13-7-8-13)23-20(17)26-24-18)19(25)22-12(3)15-6-4-5-9-21-15/h4-6,9-13H,7-8H2,1-3H3,(H,22,25)/t12-/m0/s1. The van der Waals surface area contributed by atoms with E-state index in [1.165, 1.54) is 0 Å². The molecular weight excluding hydrogens is 328 g/mol. The zero-order valence-corrected chi connectivity index (χ0v) is 15.2. The van der Waals surface area contributed by atoms with Crippen LogP contribution in [0.2, 0.25) is 0 Å². The second kappa shape index (κ2) is 6.52. The third kappa shape index (κ3) is 3.07. The summed E-state index contributed by atoms with van der Waals surface area (Å²) in [5.74, 6) is 0.416. The summed E-state index contributed by atoms with van der Waals surface area (Å²) < 4.78 is 5.46. The zero-order chi connectivity index (χ0) is 18.3. The van der Waals surface area contributed by atoms with Crippen LogP contribution in [0.1, 0.15) is 78.9 Å². The van der Waals surface area contributed by atoms with E-state index >= 15 is 0 Å². The number of pyridine rings is 2. The van der Waals surface area contributed by atoms with Crippen molar-refractivity contribution in [2.45, 2.75) is 51.5 Å². The Morgan fingerprint density at radius 2 is 2.08 bits per heavy atom. The van der Waals surface area contributed by atoms with Crippen LogP contribution >= 0.6 is 0 Å². The second-order valence-electron chi connectivity index (χ2n) is 7.22. The quantitative estimate of drug-likeness (QED) is 0.749. The molecule has 3 aromatic heterocycles. The van der Waals surface area contributed by atoms with Crippen LogP contribution in [0, 0.1) is 0 Å². The van der Waals surface area contributed by atoms with Crippen LogP contribution in [-0.4, -0.2) is 21.0 Å². The van der Waals surface area contributed by atoms with E-state index in [4.69, 9.17) is 4.52 Å². The molecule has 3 heterocycles. The summed E-state index contributed by atoms with van der Waals surface area (Å²) >= 11 is 0. The van der Waals surface area contributed by atoms with Crippen molar-refractivity contribution in [1.82, 2.24) is 20.4 Å². The number of carbonyl (C=O) groups excluding carboxylic acids is 1. The fourth-order valence-corrected chi connectivity index (χ4v) is 3.13. The molecule has 1 atom stereocenters. The van der Waals surface area contributed by atoms with Crippen LogP contribution in [0.4, 0.5) is 0 Å². The minimum atomic E-state index is -0.196. The molecule has 0 radical (unpaired) electrons. The Labute approximate surface area is 152 Å². The molecule has 1 saturated carbocycles. The molecule has 1 amide bonds. The topological polar surface area (TPSA) is 80.9 Å². The van der Waals surface area contributed by atoms with Crippen molar-refractivity contribution in [3.63, 3.8) is 0 Å². The van der Waals surface area contributed by atoms with E-state index in [-0.39, 0.29) is 17.9 Å². The average Bonchev–Trinajstić information content (AvgIpc) is 3.40. The van der Waals surface area contributed by atoms with Crippen molar-refractivity contribution >= 4 is 17.0 Å². The van der Waals surface area contributed by atoms with Gasteiger partial charge in [0.1, 0.15) is 0 Å². The maximum Gasteiger partial charge on any atom is 0.259 e. The van der Waals surface area contributed by atoms with E-state index in [0.29, 0.717) is 17.2 Å². The lowest BCUT2D eigenvalue weighted by molar-refractivity contribution is 0.0940. The maximum absolute atomic E-state index is 13.1. The highest BCUT2D eigenvalue weighted by molar-refractivity contribution is 6.06. The first-order valence-electron chi connectivity index (χ1n) is 9.06. The van der Waals surface area contributed by atoms with Crippen LogP contribution in [0.3, 0.4) is 0 Å². The van der Waals surface area contributed by atoms with Crippen molar-refractivity contribution in [3.05, 3.63) is 53.1 Å². The number of hydrogen-bond donors (Lipinski definition) is 1. The van der Waals surface area contributed by atoms with Gasteiger partial charge in [0, 0.05) is 17.8 Å². The van der Waals surface area contributed by atoms with E-state index < -0.39 is 0 Å². The van der Waals surface area contributed by atoms with Gasteiger partial charge in [0.05, 0.1) is 28.4 Å². The molecule has 1 fully saturated rings. The van der Waals surface area contributed by atoms with Gasteiger partial charge >= 0.3 is 0 Å². The summed E-state index contributed by atoms with van der Waals surface area (Å²) in [6, 6.07) is 7.39. The van der Waals surface area contributed by atoms with Crippen molar-refractivity contribution in [3.8, 4) is 0 Å².